The molecule has 2 heteroatoms. The first-order chi connectivity index (χ1) is 7.18. The van der Waals surface area contributed by atoms with E-state index in [-0.39, 0.29) is 11.6 Å². The Hall–Kier alpha value is -0.520. The van der Waals surface area contributed by atoms with Crippen LogP contribution in [0.2, 0.25) is 0 Å². The number of nitrogens with two attached hydrogens (primary N) is 1. The van der Waals surface area contributed by atoms with E-state index in [4.69, 9.17) is 12.2 Å². The summed E-state index contributed by atoms with van der Waals surface area (Å²) in [6, 6.07) is 0.126. The Bertz CT molecular complexity index is 231. The van der Waals surface area contributed by atoms with E-state index in [1.165, 1.54) is 32.1 Å². The molecule has 0 heterocycles. The lowest BCUT2D eigenvalue weighted by molar-refractivity contribution is 0.138. The van der Waals surface area contributed by atoms with E-state index in [0.717, 1.165) is 0 Å². The van der Waals surface area contributed by atoms with Crippen LogP contribution >= 0.6 is 0 Å². The van der Waals surface area contributed by atoms with Crippen LogP contribution < -0.4 is 11.1 Å². The highest BCUT2D eigenvalue weighted by molar-refractivity contribution is 5.05. The van der Waals surface area contributed by atoms with E-state index in [9.17, 15) is 0 Å². The first kappa shape index (κ1) is 12.5. The summed E-state index contributed by atoms with van der Waals surface area (Å²) >= 11 is 0. The molecule has 0 aromatic heterocycles. The van der Waals surface area contributed by atoms with Crippen molar-refractivity contribution < 1.29 is 0 Å². The molecule has 0 saturated heterocycles. The Morgan fingerprint density at radius 1 is 1.60 bits per heavy atom. The van der Waals surface area contributed by atoms with Gasteiger partial charge in [-0.25, -0.2) is 0 Å². The third-order valence-corrected chi connectivity index (χ3v) is 3.82. The monoisotopic (exact) mass is 208 g/mol. The maximum Gasteiger partial charge on any atom is 0.0663 e. The molecule has 3 atom stereocenters. The maximum absolute atomic E-state index is 5.98. The van der Waals surface area contributed by atoms with Gasteiger partial charge in [0.05, 0.1) is 6.04 Å². The van der Waals surface area contributed by atoms with Crippen molar-refractivity contribution in [3.05, 3.63) is 0 Å². The Morgan fingerprint density at radius 3 is 2.87 bits per heavy atom. The van der Waals surface area contributed by atoms with Crippen molar-refractivity contribution in [3.63, 3.8) is 0 Å². The maximum atomic E-state index is 5.98. The highest BCUT2D eigenvalue weighted by atomic mass is 15.0. The van der Waals surface area contributed by atoms with Crippen molar-refractivity contribution in [1.82, 2.24) is 5.32 Å². The van der Waals surface area contributed by atoms with Gasteiger partial charge in [-0.1, -0.05) is 32.1 Å². The normalized spacial score (nSPS) is 33.3. The fraction of sp³-hybridized carbons (Fsp3) is 0.846. The van der Waals surface area contributed by atoms with Gasteiger partial charge >= 0.3 is 0 Å². The first-order valence-electron chi connectivity index (χ1n) is 6.12. The fourth-order valence-corrected chi connectivity index (χ4v) is 2.90. The number of terminal acetylenes is 1. The summed E-state index contributed by atoms with van der Waals surface area (Å²) in [5, 5.41) is 3.57. The zero-order valence-electron chi connectivity index (χ0n) is 10.1. The molecule has 0 aromatic rings. The van der Waals surface area contributed by atoms with Gasteiger partial charge in [-0.05, 0) is 25.7 Å². The fourth-order valence-electron chi connectivity index (χ4n) is 2.90. The Balaban J connectivity index is 2.75. The van der Waals surface area contributed by atoms with Crippen LogP contribution in [-0.4, -0.2) is 18.1 Å². The Labute approximate surface area is 94.0 Å². The summed E-state index contributed by atoms with van der Waals surface area (Å²) in [5.74, 6) is 3.44. The van der Waals surface area contributed by atoms with Gasteiger partial charge < -0.3 is 5.73 Å². The smallest absolute Gasteiger partial charge is 0.0663 e. The average molecular weight is 208 g/mol. The van der Waals surface area contributed by atoms with Gasteiger partial charge in [0.1, 0.15) is 0 Å². The Kier molecular flexibility index (Phi) is 4.63. The van der Waals surface area contributed by atoms with Crippen LogP contribution in [0, 0.1) is 18.3 Å². The van der Waals surface area contributed by atoms with Gasteiger partial charge in [0, 0.05) is 12.1 Å². The molecule has 3 unspecified atom stereocenters. The SMILES string of the molecule is C#CC(C)NC1(CN)CCCCC1CC. The number of rotatable bonds is 4. The number of hydrogen-bond acceptors (Lipinski definition) is 2. The minimum atomic E-state index is 0.0960. The van der Waals surface area contributed by atoms with Crippen LogP contribution in [0.1, 0.15) is 46.0 Å². The molecule has 1 saturated carbocycles. The van der Waals surface area contributed by atoms with E-state index in [2.05, 4.69) is 18.2 Å². The minimum absolute atomic E-state index is 0.0960. The highest BCUT2D eigenvalue weighted by Gasteiger charge is 2.38. The van der Waals surface area contributed by atoms with Crippen molar-refractivity contribution in [3.8, 4) is 12.3 Å². The van der Waals surface area contributed by atoms with Crippen LogP contribution in [0.3, 0.4) is 0 Å². The summed E-state index contributed by atoms with van der Waals surface area (Å²) in [4.78, 5) is 0. The third kappa shape index (κ3) is 2.74. The van der Waals surface area contributed by atoms with Crippen molar-refractivity contribution >= 4 is 0 Å². The van der Waals surface area contributed by atoms with E-state index in [1.807, 2.05) is 6.92 Å². The van der Waals surface area contributed by atoms with Crippen LogP contribution in [0.15, 0.2) is 0 Å². The number of hydrogen-bond donors (Lipinski definition) is 2. The van der Waals surface area contributed by atoms with E-state index in [0.29, 0.717) is 12.5 Å². The second-order valence-corrected chi connectivity index (χ2v) is 4.74. The van der Waals surface area contributed by atoms with E-state index >= 15 is 0 Å². The zero-order chi connectivity index (χ0) is 11.3. The van der Waals surface area contributed by atoms with Crippen molar-refractivity contribution in [2.75, 3.05) is 6.54 Å². The first-order valence-corrected chi connectivity index (χ1v) is 6.12. The summed E-state index contributed by atoms with van der Waals surface area (Å²) in [7, 11) is 0. The van der Waals surface area contributed by atoms with Gasteiger partial charge in [-0.15, -0.1) is 6.42 Å². The summed E-state index contributed by atoms with van der Waals surface area (Å²) < 4.78 is 0. The molecule has 2 nitrogen and oxygen atoms in total. The molecule has 0 amide bonds. The summed E-state index contributed by atoms with van der Waals surface area (Å²) in [6.07, 6.45) is 11.7. The van der Waals surface area contributed by atoms with Crippen LogP contribution in [0.4, 0.5) is 0 Å². The second-order valence-electron chi connectivity index (χ2n) is 4.74. The van der Waals surface area contributed by atoms with Gasteiger partial charge in [0.25, 0.3) is 0 Å². The van der Waals surface area contributed by atoms with Gasteiger partial charge in [-0.3, -0.25) is 5.32 Å². The molecule has 3 N–H and O–H groups in total. The summed E-state index contributed by atoms with van der Waals surface area (Å²) in [5.41, 5.74) is 6.07. The second kappa shape index (κ2) is 5.53. The number of nitrogens with one attached hydrogen (secondary N) is 1. The zero-order valence-corrected chi connectivity index (χ0v) is 10.1. The molecular weight excluding hydrogens is 184 g/mol. The molecule has 0 spiro atoms. The van der Waals surface area contributed by atoms with Gasteiger partial charge in [0.15, 0.2) is 0 Å². The lowest BCUT2D eigenvalue weighted by Crippen LogP contribution is -2.60. The minimum Gasteiger partial charge on any atom is -0.329 e. The highest BCUT2D eigenvalue weighted by Crippen LogP contribution is 2.35. The van der Waals surface area contributed by atoms with E-state index in [1.54, 1.807) is 0 Å². The topological polar surface area (TPSA) is 38.0 Å². The van der Waals surface area contributed by atoms with Crippen molar-refractivity contribution in [2.45, 2.75) is 57.5 Å². The molecule has 1 rings (SSSR count). The van der Waals surface area contributed by atoms with E-state index < -0.39 is 0 Å². The molecule has 0 aromatic carbocycles. The molecule has 15 heavy (non-hydrogen) atoms. The molecular formula is C13H24N2. The quantitative estimate of drug-likeness (QED) is 0.692. The van der Waals surface area contributed by atoms with Crippen molar-refractivity contribution in [1.29, 1.82) is 0 Å². The molecule has 1 fully saturated rings. The molecule has 1 aliphatic rings. The Morgan fingerprint density at radius 2 is 2.33 bits per heavy atom. The predicted molar refractivity (Wildman–Crippen MR) is 65.5 cm³/mol. The molecule has 1 aliphatic carbocycles. The molecule has 0 radical (unpaired) electrons. The van der Waals surface area contributed by atoms with Gasteiger partial charge in [-0.2, -0.15) is 0 Å². The molecule has 86 valence electrons. The third-order valence-electron chi connectivity index (χ3n) is 3.82. The van der Waals surface area contributed by atoms with Crippen molar-refractivity contribution in [2.24, 2.45) is 11.7 Å². The van der Waals surface area contributed by atoms with Crippen LogP contribution in [0.5, 0.6) is 0 Å². The standard InChI is InChI=1S/C13H24N2/c1-4-11(3)15-13(10-14)9-7-6-8-12(13)5-2/h1,11-12,15H,5-10,14H2,2-3H3. The predicted octanol–water partition coefficient (Wildman–Crippen LogP) is 1.90. The largest absolute Gasteiger partial charge is 0.329 e. The van der Waals surface area contributed by atoms with Gasteiger partial charge in [0.2, 0.25) is 0 Å². The lowest BCUT2D eigenvalue weighted by atomic mass is 9.71. The molecule has 0 bridgehead atoms. The van der Waals surface area contributed by atoms with Crippen LogP contribution in [-0.2, 0) is 0 Å². The lowest BCUT2D eigenvalue weighted by Gasteiger charge is -2.45. The van der Waals surface area contributed by atoms with Crippen LogP contribution in [0.25, 0.3) is 0 Å². The average Bonchev–Trinajstić information content (AvgIpc) is 2.29. The molecule has 0 aliphatic heterocycles. The summed E-state index contributed by atoms with van der Waals surface area (Å²) in [6.45, 7) is 5.00.